The number of benzene rings is 1. The highest BCUT2D eigenvalue weighted by Gasteiger charge is 2.12. The van der Waals surface area contributed by atoms with Crippen LogP contribution in [0.15, 0.2) is 36.5 Å². The smallest absolute Gasteiger partial charge is 0.271 e. The number of hydrogen-bond acceptors (Lipinski definition) is 2. The van der Waals surface area contributed by atoms with Crippen molar-refractivity contribution in [1.82, 2.24) is 15.1 Å². The van der Waals surface area contributed by atoms with Gasteiger partial charge < -0.3 is 5.32 Å². The molecule has 4 nitrogen and oxygen atoms in total. The molecule has 2 rings (SSSR count). The lowest BCUT2D eigenvalue weighted by Crippen LogP contribution is -2.30. The van der Waals surface area contributed by atoms with E-state index in [9.17, 15) is 9.18 Å². The van der Waals surface area contributed by atoms with Gasteiger partial charge in [0.05, 0.1) is 0 Å². The maximum absolute atomic E-state index is 13.5. The van der Waals surface area contributed by atoms with Crippen LogP contribution < -0.4 is 5.32 Å². The Morgan fingerprint density at radius 3 is 2.72 bits per heavy atom. The molecule has 0 aliphatic carbocycles. The van der Waals surface area contributed by atoms with Crippen LogP contribution in [0.2, 0.25) is 0 Å². The Balaban J connectivity index is 2.26. The van der Waals surface area contributed by atoms with Gasteiger partial charge in [0.2, 0.25) is 0 Å². The van der Waals surface area contributed by atoms with Gasteiger partial charge in [-0.1, -0.05) is 12.1 Å². The molecule has 0 radical (unpaired) electrons. The molecule has 2 aromatic rings. The van der Waals surface area contributed by atoms with E-state index < -0.39 is 0 Å². The summed E-state index contributed by atoms with van der Waals surface area (Å²) in [4.78, 5) is 11.7. The Hall–Kier alpha value is -2.17. The zero-order valence-corrected chi connectivity index (χ0v) is 10.2. The van der Waals surface area contributed by atoms with Gasteiger partial charge in [0.15, 0.2) is 5.69 Å². The maximum Gasteiger partial charge on any atom is 0.271 e. The van der Waals surface area contributed by atoms with Crippen LogP contribution in [-0.2, 0) is 0 Å². The number of para-hydroxylation sites is 1. The normalized spacial score (nSPS) is 10.7. The molecule has 5 heteroatoms. The van der Waals surface area contributed by atoms with Crippen molar-refractivity contribution >= 4 is 5.91 Å². The Bertz CT molecular complexity index is 563. The number of carbonyl (C=O) groups excluding carboxylic acids is 1. The molecule has 18 heavy (non-hydrogen) atoms. The number of hydrogen-bond donors (Lipinski definition) is 1. The van der Waals surface area contributed by atoms with Crippen LogP contribution >= 0.6 is 0 Å². The topological polar surface area (TPSA) is 46.9 Å². The van der Waals surface area contributed by atoms with Crippen LogP contribution in [-0.4, -0.2) is 21.7 Å². The van der Waals surface area contributed by atoms with Crippen LogP contribution in [0.25, 0.3) is 5.69 Å². The highest BCUT2D eigenvalue weighted by molar-refractivity contribution is 5.92. The van der Waals surface area contributed by atoms with E-state index >= 15 is 0 Å². The lowest BCUT2D eigenvalue weighted by Gasteiger charge is -2.06. The first kappa shape index (κ1) is 12.3. The fourth-order valence-electron chi connectivity index (χ4n) is 1.55. The minimum atomic E-state index is -0.378. The molecule has 0 aliphatic heterocycles. The largest absolute Gasteiger partial charge is 0.348 e. The molecule has 0 bridgehead atoms. The molecule has 0 fully saturated rings. The summed E-state index contributed by atoms with van der Waals surface area (Å²) in [6.45, 7) is 3.73. The van der Waals surface area contributed by atoms with Crippen molar-refractivity contribution in [2.75, 3.05) is 0 Å². The predicted molar refractivity (Wildman–Crippen MR) is 66.1 cm³/mol. The average molecular weight is 247 g/mol. The molecule has 0 saturated heterocycles. The van der Waals surface area contributed by atoms with E-state index in [1.165, 1.54) is 10.7 Å². The molecule has 94 valence electrons. The molecule has 1 heterocycles. The third-order valence-corrected chi connectivity index (χ3v) is 2.34. The van der Waals surface area contributed by atoms with E-state index in [4.69, 9.17) is 0 Å². The average Bonchev–Trinajstić information content (AvgIpc) is 2.78. The molecule has 1 N–H and O–H groups in total. The Morgan fingerprint density at radius 2 is 2.06 bits per heavy atom. The van der Waals surface area contributed by atoms with Gasteiger partial charge in [-0.15, -0.1) is 0 Å². The van der Waals surface area contributed by atoms with Crippen molar-refractivity contribution in [2.45, 2.75) is 19.9 Å². The third kappa shape index (κ3) is 2.56. The number of halogens is 1. The van der Waals surface area contributed by atoms with Crippen molar-refractivity contribution < 1.29 is 9.18 Å². The van der Waals surface area contributed by atoms with Crippen molar-refractivity contribution in [3.63, 3.8) is 0 Å². The number of nitrogens with one attached hydrogen (secondary N) is 1. The summed E-state index contributed by atoms with van der Waals surface area (Å²) < 4.78 is 14.9. The number of carbonyl (C=O) groups is 1. The molecule has 0 aliphatic rings. The second kappa shape index (κ2) is 5.00. The minimum Gasteiger partial charge on any atom is -0.348 e. The van der Waals surface area contributed by atoms with E-state index in [1.54, 1.807) is 30.5 Å². The molecule has 0 atom stereocenters. The van der Waals surface area contributed by atoms with Crippen molar-refractivity contribution in [1.29, 1.82) is 0 Å². The molecular formula is C13H14FN3O. The number of rotatable bonds is 3. The quantitative estimate of drug-likeness (QED) is 0.903. The molecule has 1 aromatic carbocycles. The van der Waals surface area contributed by atoms with Crippen molar-refractivity contribution in [3.05, 3.63) is 48.0 Å². The fourth-order valence-corrected chi connectivity index (χ4v) is 1.55. The summed E-state index contributed by atoms with van der Waals surface area (Å²) in [5.41, 5.74) is 0.591. The Morgan fingerprint density at radius 1 is 1.33 bits per heavy atom. The second-order valence-corrected chi connectivity index (χ2v) is 4.23. The monoisotopic (exact) mass is 247 g/mol. The molecule has 0 saturated carbocycles. The van der Waals surface area contributed by atoms with Gasteiger partial charge in [0.1, 0.15) is 11.5 Å². The third-order valence-electron chi connectivity index (χ3n) is 2.34. The highest BCUT2D eigenvalue weighted by atomic mass is 19.1. The number of amides is 1. The number of nitrogens with zero attached hydrogens (tertiary/aromatic N) is 2. The lowest BCUT2D eigenvalue weighted by atomic mass is 10.3. The van der Waals surface area contributed by atoms with E-state index in [0.717, 1.165) is 0 Å². The first-order valence-electron chi connectivity index (χ1n) is 5.69. The Kier molecular flexibility index (Phi) is 3.41. The van der Waals surface area contributed by atoms with Crippen LogP contribution in [0, 0.1) is 5.82 Å². The highest BCUT2D eigenvalue weighted by Crippen LogP contribution is 2.12. The fraction of sp³-hybridized carbons (Fsp3) is 0.231. The van der Waals surface area contributed by atoms with Gasteiger partial charge in [-0.25, -0.2) is 9.07 Å². The Labute approximate surface area is 104 Å². The van der Waals surface area contributed by atoms with Gasteiger partial charge in [-0.2, -0.15) is 5.10 Å². The summed E-state index contributed by atoms with van der Waals surface area (Å²) in [5, 5.41) is 6.79. The van der Waals surface area contributed by atoms with Crippen LogP contribution in [0.5, 0.6) is 0 Å². The SMILES string of the molecule is CC(C)NC(=O)c1ccn(-c2ccccc2F)n1. The van der Waals surface area contributed by atoms with Gasteiger partial charge in [0, 0.05) is 12.2 Å². The molecule has 0 spiro atoms. The zero-order valence-electron chi connectivity index (χ0n) is 10.2. The van der Waals surface area contributed by atoms with Gasteiger partial charge in [0.25, 0.3) is 5.91 Å². The predicted octanol–water partition coefficient (Wildman–Crippen LogP) is 2.15. The van der Waals surface area contributed by atoms with E-state index in [0.29, 0.717) is 5.69 Å². The summed E-state index contributed by atoms with van der Waals surface area (Å²) in [6, 6.07) is 7.88. The minimum absolute atomic E-state index is 0.0381. The van der Waals surface area contributed by atoms with Gasteiger partial charge in [-0.05, 0) is 32.0 Å². The first-order chi connectivity index (χ1) is 8.58. The van der Waals surface area contributed by atoms with Crippen molar-refractivity contribution in [2.24, 2.45) is 0 Å². The van der Waals surface area contributed by atoms with Crippen LogP contribution in [0.4, 0.5) is 4.39 Å². The van der Waals surface area contributed by atoms with Gasteiger partial charge >= 0.3 is 0 Å². The number of aromatic nitrogens is 2. The van der Waals surface area contributed by atoms with Crippen molar-refractivity contribution in [3.8, 4) is 5.69 Å². The summed E-state index contributed by atoms with van der Waals surface area (Å²) in [7, 11) is 0. The molecular weight excluding hydrogens is 233 g/mol. The summed E-state index contributed by atoms with van der Waals surface area (Å²) in [5.74, 6) is -0.642. The molecule has 0 unspecified atom stereocenters. The zero-order chi connectivity index (χ0) is 13.1. The van der Waals surface area contributed by atoms with E-state index in [2.05, 4.69) is 10.4 Å². The molecule has 1 aromatic heterocycles. The molecule has 1 amide bonds. The summed E-state index contributed by atoms with van der Waals surface area (Å²) >= 11 is 0. The van der Waals surface area contributed by atoms with E-state index in [-0.39, 0.29) is 23.5 Å². The maximum atomic E-state index is 13.5. The van der Waals surface area contributed by atoms with E-state index in [1.807, 2.05) is 13.8 Å². The first-order valence-corrected chi connectivity index (χ1v) is 5.69. The van der Waals surface area contributed by atoms with Gasteiger partial charge in [-0.3, -0.25) is 4.79 Å². The standard InChI is InChI=1S/C13H14FN3O/c1-9(2)15-13(18)11-7-8-17(16-11)12-6-4-3-5-10(12)14/h3-9H,1-2H3,(H,15,18). The van der Waals surface area contributed by atoms with Crippen LogP contribution in [0.1, 0.15) is 24.3 Å². The lowest BCUT2D eigenvalue weighted by molar-refractivity contribution is 0.0937. The second-order valence-electron chi connectivity index (χ2n) is 4.23. The van der Waals surface area contributed by atoms with Crippen LogP contribution in [0.3, 0.4) is 0 Å². The summed E-state index contributed by atoms with van der Waals surface area (Å²) in [6.07, 6.45) is 1.56.